The molecule has 0 amide bonds. The summed E-state index contributed by atoms with van der Waals surface area (Å²) in [5.74, 6) is -1.13. The summed E-state index contributed by atoms with van der Waals surface area (Å²) < 4.78 is 28.3. The van der Waals surface area contributed by atoms with Gasteiger partial charge in [0.15, 0.2) is 0 Å². The number of carbonyl (C=O) groups is 1. The van der Waals surface area contributed by atoms with Crippen LogP contribution in [0.4, 0.5) is 5.69 Å². The maximum absolute atomic E-state index is 12.8. The summed E-state index contributed by atoms with van der Waals surface area (Å²) >= 11 is 0. The molecule has 2 N–H and O–H groups in total. The number of nitrogens with zero attached hydrogens (tertiary/aromatic N) is 1. The van der Waals surface area contributed by atoms with Crippen molar-refractivity contribution in [1.29, 1.82) is 0 Å². The van der Waals surface area contributed by atoms with E-state index in [0.717, 1.165) is 45.2 Å². The number of piperidine rings is 1. The molecule has 0 aromatic heterocycles. The average molecular weight is 354 g/mol. The second kappa shape index (κ2) is 7.98. The van der Waals surface area contributed by atoms with Gasteiger partial charge >= 0.3 is 5.97 Å². The molecule has 0 radical (unpaired) electrons. The van der Waals surface area contributed by atoms with Gasteiger partial charge < -0.3 is 10.0 Å². The van der Waals surface area contributed by atoms with Gasteiger partial charge in [0, 0.05) is 19.1 Å². The monoisotopic (exact) mass is 354 g/mol. The number of hydrogen-bond acceptors (Lipinski definition) is 4. The fourth-order valence-electron chi connectivity index (χ4n) is 3.08. The molecule has 1 aliphatic heterocycles. The van der Waals surface area contributed by atoms with Crippen LogP contribution in [0.3, 0.4) is 0 Å². The molecule has 1 aromatic carbocycles. The predicted molar refractivity (Wildman–Crippen MR) is 94.2 cm³/mol. The van der Waals surface area contributed by atoms with Crippen LogP contribution in [-0.2, 0) is 10.0 Å². The number of benzene rings is 1. The Kier molecular flexibility index (Phi) is 6.23. The third-order valence-electron chi connectivity index (χ3n) is 4.27. The number of nitrogens with one attached hydrogen (secondary N) is 1. The summed E-state index contributed by atoms with van der Waals surface area (Å²) in [4.78, 5) is 13.4. The van der Waals surface area contributed by atoms with Crippen molar-refractivity contribution in [3.63, 3.8) is 0 Å². The van der Waals surface area contributed by atoms with Crippen molar-refractivity contribution in [2.75, 3.05) is 18.0 Å². The Hall–Kier alpha value is -1.60. The molecule has 0 saturated carbocycles. The van der Waals surface area contributed by atoms with Gasteiger partial charge in [0.1, 0.15) is 4.90 Å². The van der Waals surface area contributed by atoms with Gasteiger partial charge in [-0.05, 0) is 50.8 Å². The average Bonchev–Trinajstić information content (AvgIpc) is 2.54. The van der Waals surface area contributed by atoms with Crippen molar-refractivity contribution >= 4 is 21.7 Å². The third kappa shape index (κ3) is 4.48. The minimum absolute atomic E-state index is 0.0146. The number of sulfonamides is 1. The van der Waals surface area contributed by atoms with E-state index in [2.05, 4.69) is 4.72 Å². The molecular weight excluding hydrogens is 328 g/mol. The van der Waals surface area contributed by atoms with Gasteiger partial charge in [-0.2, -0.15) is 0 Å². The van der Waals surface area contributed by atoms with Gasteiger partial charge in [-0.1, -0.05) is 13.3 Å². The molecule has 1 heterocycles. The maximum Gasteiger partial charge on any atom is 0.335 e. The van der Waals surface area contributed by atoms with Crippen LogP contribution in [0.2, 0.25) is 0 Å². The number of anilines is 1. The smallest absolute Gasteiger partial charge is 0.335 e. The molecule has 1 atom stereocenters. The molecule has 1 aromatic rings. The van der Waals surface area contributed by atoms with E-state index in [9.17, 15) is 18.3 Å². The lowest BCUT2D eigenvalue weighted by Crippen LogP contribution is -2.35. The normalized spacial score (nSPS) is 16.8. The summed E-state index contributed by atoms with van der Waals surface area (Å²) in [7, 11) is -3.77. The summed E-state index contributed by atoms with van der Waals surface area (Å²) in [5, 5.41) is 9.21. The van der Waals surface area contributed by atoms with E-state index in [-0.39, 0.29) is 16.5 Å². The standard InChI is InChI=1S/C17H26N2O4S/c1-3-7-13(2)18-24(22,23)16-12-14(17(20)21)8-9-15(16)19-10-5-4-6-11-19/h8-9,12-13,18H,3-7,10-11H2,1-2H3,(H,20,21)/t13-/m0/s1. The topological polar surface area (TPSA) is 86.7 Å². The minimum atomic E-state index is -3.77. The Morgan fingerprint density at radius 3 is 2.54 bits per heavy atom. The number of aromatic carboxylic acids is 1. The third-order valence-corrected chi connectivity index (χ3v) is 5.89. The first-order valence-electron chi connectivity index (χ1n) is 8.49. The molecule has 1 aliphatic rings. The van der Waals surface area contributed by atoms with Crippen molar-refractivity contribution < 1.29 is 18.3 Å². The summed E-state index contributed by atoms with van der Waals surface area (Å²) in [6.45, 7) is 5.40. The van der Waals surface area contributed by atoms with E-state index in [1.54, 1.807) is 6.07 Å². The molecule has 1 saturated heterocycles. The molecule has 0 unspecified atom stereocenters. The largest absolute Gasteiger partial charge is 0.478 e. The number of hydrogen-bond donors (Lipinski definition) is 2. The van der Waals surface area contributed by atoms with Crippen LogP contribution >= 0.6 is 0 Å². The fourth-order valence-corrected chi connectivity index (χ4v) is 4.61. The Labute approximate surface area is 143 Å². The maximum atomic E-state index is 12.8. The van der Waals surface area contributed by atoms with E-state index < -0.39 is 16.0 Å². The van der Waals surface area contributed by atoms with Crippen LogP contribution in [0.1, 0.15) is 56.3 Å². The SMILES string of the molecule is CCC[C@H](C)NS(=O)(=O)c1cc(C(=O)O)ccc1N1CCCCC1. The van der Waals surface area contributed by atoms with E-state index in [0.29, 0.717) is 5.69 Å². The van der Waals surface area contributed by atoms with Crippen molar-refractivity contribution in [2.24, 2.45) is 0 Å². The Morgan fingerprint density at radius 1 is 1.29 bits per heavy atom. The first kappa shape index (κ1) is 18.7. The molecule has 2 rings (SSSR count). The molecule has 0 bridgehead atoms. The molecule has 0 spiro atoms. The summed E-state index contributed by atoms with van der Waals surface area (Å²) in [5.41, 5.74) is 0.579. The van der Waals surface area contributed by atoms with Crippen LogP contribution in [-0.4, -0.2) is 38.6 Å². The van der Waals surface area contributed by atoms with E-state index in [1.165, 1.54) is 12.1 Å². The van der Waals surface area contributed by atoms with E-state index in [4.69, 9.17) is 0 Å². The first-order valence-corrected chi connectivity index (χ1v) is 9.98. The van der Waals surface area contributed by atoms with Crippen LogP contribution in [0, 0.1) is 0 Å². The Bertz CT molecular complexity index is 682. The molecule has 6 nitrogen and oxygen atoms in total. The molecular formula is C17H26N2O4S. The quantitative estimate of drug-likeness (QED) is 0.786. The molecule has 1 fully saturated rings. The molecule has 7 heteroatoms. The van der Waals surface area contributed by atoms with Crippen molar-refractivity contribution in [2.45, 2.75) is 56.9 Å². The van der Waals surface area contributed by atoms with Crippen LogP contribution in [0.15, 0.2) is 23.1 Å². The van der Waals surface area contributed by atoms with Crippen molar-refractivity contribution in [1.82, 2.24) is 4.72 Å². The zero-order valence-corrected chi connectivity index (χ0v) is 15.1. The summed E-state index contributed by atoms with van der Waals surface area (Å²) in [6.07, 6.45) is 4.77. The highest BCUT2D eigenvalue weighted by Gasteiger charge is 2.25. The van der Waals surface area contributed by atoms with Gasteiger partial charge in [-0.3, -0.25) is 0 Å². The highest BCUT2D eigenvalue weighted by Crippen LogP contribution is 2.29. The van der Waals surface area contributed by atoms with Crippen molar-refractivity contribution in [3.05, 3.63) is 23.8 Å². The lowest BCUT2D eigenvalue weighted by Gasteiger charge is -2.30. The number of carboxylic acid groups (broad SMARTS) is 1. The molecule has 134 valence electrons. The van der Waals surface area contributed by atoms with Gasteiger partial charge in [0.25, 0.3) is 0 Å². The Morgan fingerprint density at radius 2 is 1.96 bits per heavy atom. The van der Waals surface area contributed by atoms with Crippen molar-refractivity contribution in [3.8, 4) is 0 Å². The highest BCUT2D eigenvalue weighted by atomic mass is 32.2. The second-order valence-corrected chi connectivity index (χ2v) is 8.03. The molecule has 24 heavy (non-hydrogen) atoms. The van der Waals surface area contributed by atoms with E-state index in [1.807, 2.05) is 18.7 Å². The van der Waals surface area contributed by atoms with E-state index >= 15 is 0 Å². The van der Waals surface area contributed by atoms with Crippen LogP contribution < -0.4 is 9.62 Å². The van der Waals surface area contributed by atoms with Gasteiger partial charge in [0.05, 0.1) is 11.3 Å². The lowest BCUT2D eigenvalue weighted by molar-refractivity contribution is 0.0696. The van der Waals surface area contributed by atoms with Gasteiger partial charge in [-0.15, -0.1) is 0 Å². The highest BCUT2D eigenvalue weighted by molar-refractivity contribution is 7.89. The second-order valence-electron chi connectivity index (χ2n) is 6.35. The zero-order chi connectivity index (χ0) is 17.7. The predicted octanol–water partition coefficient (Wildman–Crippen LogP) is 2.84. The van der Waals surface area contributed by atoms with Gasteiger partial charge in [0.2, 0.25) is 10.0 Å². The summed E-state index contributed by atoms with van der Waals surface area (Å²) in [6, 6.07) is 4.17. The number of rotatable bonds is 7. The zero-order valence-electron chi connectivity index (χ0n) is 14.3. The molecule has 0 aliphatic carbocycles. The first-order chi connectivity index (χ1) is 11.3. The fraction of sp³-hybridized carbons (Fsp3) is 0.588. The Balaban J connectivity index is 2.43. The van der Waals surface area contributed by atoms with Gasteiger partial charge in [-0.25, -0.2) is 17.9 Å². The van der Waals surface area contributed by atoms with Crippen LogP contribution in [0.25, 0.3) is 0 Å². The van der Waals surface area contributed by atoms with Crippen LogP contribution in [0.5, 0.6) is 0 Å². The minimum Gasteiger partial charge on any atom is -0.478 e. The lowest BCUT2D eigenvalue weighted by atomic mass is 10.1. The number of carboxylic acids is 1.